The quantitative estimate of drug-likeness (QED) is 0.397. The van der Waals surface area contributed by atoms with Crippen LogP contribution in [0.25, 0.3) is 10.8 Å². The van der Waals surface area contributed by atoms with Crippen molar-refractivity contribution in [3.63, 3.8) is 0 Å². The lowest BCUT2D eigenvalue weighted by molar-refractivity contribution is -0.129. The van der Waals surface area contributed by atoms with Gasteiger partial charge in [0, 0.05) is 20.1 Å². The fourth-order valence-corrected chi connectivity index (χ4v) is 5.06. The largest absolute Gasteiger partial charge is 0.485 e. The van der Waals surface area contributed by atoms with Gasteiger partial charge in [0.05, 0.1) is 5.75 Å². The Labute approximate surface area is 197 Å². The highest BCUT2D eigenvalue weighted by atomic mass is 32.2. The summed E-state index contributed by atoms with van der Waals surface area (Å²) in [6.07, 6.45) is 0.909. The first-order chi connectivity index (χ1) is 16.1. The van der Waals surface area contributed by atoms with Crippen LogP contribution in [0.3, 0.4) is 0 Å². The highest BCUT2D eigenvalue weighted by molar-refractivity contribution is 7.99. The normalized spacial score (nSPS) is 13.2. The van der Waals surface area contributed by atoms with Crippen LogP contribution in [0.4, 0.5) is 0 Å². The molecule has 3 aromatic carbocycles. The maximum atomic E-state index is 12.8. The van der Waals surface area contributed by atoms with Crippen LogP contribution >= 0.6 is 11.8 Å². The van der Waals surface area contributed by atoms with Crippen molar-refractivity contribution in [2.75, 3.05) is 12.3 Å². The Balaban J connectivity index is 1.19. The first-order valence-corrected chi connectivity index (χ1v) is 12.1. The summed E-state index contributed by atoms with van der Waals surface area (Å²) in [6.45, 7) is 3.83. The summed E-state index contributed by atoms with van der Waals surface area (Å²) >= 11 is 1.42. The molecule has 0 saturated heterocycles. The molecule has 0 bridgehead atoms. The van der Waals surface area contributed by atoms with Crippen LogP contribution in [0.2, 0.25) is 0 Å². The summed E-state index contributed by atoms with van der Waals surface area (Å²) in [5.41, 5.74) is 3.69. The Morgan fingerprint density at radius 1 is 1.03 bits per heavy atom. The van der Waals surface area contributed by atoms with Gasteiger partial charge in [0.2, 0.25) is 5.91 Å². The zero-order valence-electron chi connectivity index (χ0n) is 18.8. The lowest BCUT2D eigenvalue weighted by Gasteiger charge is -2.28. The summed E-state index contributed by atoms with van der Waals surface area (Å²) in [5, 5.41) is 11.7. The molecule has 0 N–H and O–H groups in total. The number of nitrogens with zero attached hydrogens (tertiary/aromatic N) is 4. The number of carbonyl (C=O) groups excluding carboxylic acids is 1. The molecule has 0 radical (unpaired) electrons. The highest BCUT2D eigenvalue weighted by Gasteiger charge is 2.21. The first kappa shape index (κ1) is 21.5. The van der Waals surface area contributed by atoms with E-state index in [9.17, 15) is 4.79 Å². The van der Waals surface area contributed by atoms with Crippen LogP contribution in [0.1, 0.15) is 22.5 Å². The molecule has 33 heavy (non-hydrogen) atoms. The van der Waals surface area contributed by atoms with Crippen LogP contribution in [0.5, 0.6) is 5.75 Å². The molecule has 4 aromatic rings. The Hall–Kier alpha value is -3.32. The SMILES string of the molecule is Cc1c(OCc2nnc(SCC(=O)N3CCc4ccccc4C3)n2C)ccc2ccccc12. The first-order valence-electron chi connectivity index (χ1n) is 11.1. The van der Waals surface area contributed by atoms with Gasteiger partial charge in [-0.05, 0) is 46.9 Å². The number of aromatic nitrogens is 3. The van der Waals surface area contributed by atoms with Crippen LogP contribution in [0, 0.1) is 6.92 Å². The zero-order chi connectivity index (χ0) is 22.8. The molecule has 0 spiro atoms. The Morgan fingerprint density at radius 3 is 2.70 bits per heavy atom. The number of aryl methyl sites for hydroxylation is 1. The van der Waals surface area contributed by atoms with E-state index in [-0.39, 0.29) is 5.91 Å². The third-order valence-corrected chi connectivity index (χ3v) is 7.24. The van der Waals surface area contributed by atoms with E-state index in [0.717, 1.165) is 35.3 Å². The lowest BCUT2D eigenvalue weighted by Crippen LogP contribution is -2.37. The van der Waals surface area contributed by atoms with Crippen molar-refractivity contribution >= 4 is 28.4 Å². The number of amides is 1. The van der Waals surface area contributed by atoms with E-state index in [0.29, 0.717) is 18.9 Å². The Morgan fingerprint density at radius 2 is 1.82 bits per heavy atom. The second-order valence-corrected chi connectivity index (χ2v) is 9.22. The van der Waals surface area contributed by atoms with Crippen molar-refractivity contribution in [3.05, 3.63) is 83.2 Å². The molecule has 0 atom stereocenters. The van der Waals surface area contributed by atoms with Gasteiger partial charge >= 0.3 is 0 Å². The number of thioether (sulfide) groups is 1. The van der Waals surface area contributed by atoms with Gasteiger partial charge < -0.3 is 14.2 Å². The average molecular weight is 459 g/mol. The number of ether oxygens (including phenoxy) is 1. The van der Waals surface area contributed by atoms with E-state index in [4.69, 9.17) is 4.74 Å². The predicted octanol–water partition coefficient (Wildman–Crippen LogP) is 4.53. The summed E-state index contributed by atoms with van der Waals surface area (Å²) < 4.78 is 7.97. The molecule has 7 heteroatoms. The Bertz CT molecular complexity index is 1320. The molecule has 2 heterocycles. The van der Waals surface area contributed by atoms with Crippen molar-refractivity contribution in [3.8, 4) is 5.75 Å². The summed E-state index contributed by atoms with van der Waals surface area (Å²) in [4.78, 5) is 14.7. The molecule has 1 aliphatic rings. The van der Waals surface area contributed by atoms with Gasteiger partial charge in [0.15, 0.2) is 11.0 Å². The van der Waals surface area contributed by atoms with Gasteiger partial charge in [0.1, 0.15) is 12.4 Å². The molecule has 168 valence electrons. The van der Waals surface area contributed by atoms with E-state index >= 15 is 0 Å². The molecule has 6 nitrogen and oxygen atoms in total. The van der Waals surface area contributed by atoms with Gasteiger partial charge in [-0.25, -0.2) is 0 Å². The molecule has 1 aromatic heterocycles. The van der Waals surface area contributed by atoms with Crippen molar-refractivity contribution in [1.82, 2.24) is 19.7 Å². The molecule has 0 aliphatic carbocycles. The van der Waals surface area contributed by atoms with E-state index < -0.39 is 0 Å². The van der Waals surface area contributed by atoms with Crippen molar-refractivity contribution in [2.24, 2.45) is 7.05 Å². The molecular weight excluding hydrogens is 432 g/mol. The van der Waals surface area contributed by atoms with E-state index in [1.807, 2.05) is 40.8 Å². The Kier molecular flexibility index (Phi) is 6.05. The van der Waals surface area contributed by atoms with Crippen LogP contribution in [0.15, 0.2) is 65.8 Å². The van der Waals surface area contributed by atoms with Crippen LogP contribution in [-0.4, -0.2) is 37.9 Å². The molecule has 1 amide bonds. The fourth-order valence-electron chi connectivity index (χ4n) is 4.23. The number of rotatable bonds is 6. The van der Waals surface area contributed by atoms with E-state index in [2.05, 4.69) is 53.5 Å². The molecule has 1 aliphatic heterocycles. The second-order valence-electron chi connectivity index (χ2n) is 8.28. The van der Waals surface area contributed by atoms with Crippen LogP contribution < -0.4 is 4.74 Å². The fraction of sp³-hybridized carbons (Fsp3) is 0.269. The van der Waals surface area contributed by atoms with E-state index in [1.54, 1.807) is 0 Å². The predicted molar refractivity (Wildman–Crippen MR) is 130 cm³/mol. The summed E-state index contributed by atoms with van der Waals surface area (Å²) in [7, 11) is 1.91. The standard InChI is InChI=1S/C26H26N4O2S/c1-18-22-10-6-5-8-20(22)11-12-23(18)32-16-24-27-28-26(29(24)2)33-17-25(31)30-14-13-19-7-3-4-9-21(19)15-30/h3-12H,13-17H2,1-2H3. The summed E-state index contributed by atoms with van der Waals surface area (Å²) in [5.74, 6) is 2.04. The lowest BCUT2D eigenvalue weighted by atomic mass is 10.00. The van der Waals surface area contributed by atoms with Gasteiger partial charge in [-0.1, -0.05) is 66.4 Å². The average Bonchev–Trinajstić information content (AvgIpc) is 3.21. The third kappa shape index (κ3) is 4.46. The number of carbonyl (C=O) groups is 1. The van der Waals surface area contributed by atoms with Gasteiger partial charge in [-0.2, -0.15) is 0 Å². The van der Waals surface area contributed by atoms with Crippen molar-refractivity contribution in [2.45, 2.75) is 31.7 Å². The van der Waals surface area contributed by atoms with Gasteiger partial charge in [0.25, 0.3) is 0 Å². The highest BCUT2D eigenvalue weighted by Crippen LogP contribution is 2.28. The molecule has 0 fully saturated rings. The second kappa shape index (κ2) is 9.27. The minimum absolute atomic E-state index is 0.127. The smallest absolute Gasteiger partial charge is 0.233 e. The maximum Gasteiger partial charge on any atom is 0.233 e. The van der Waals surface area contributed by atoms with Gasteiger partial charge in [-0.3, -0.25) is 4.79 Å². The number of hydrogen-bond donors (Lipinski definition) is 0. The minimum Gasteiger partial charge on any atom is -0.485 e. The zero-order valence-corrected chi connectivity index (χ0v) is 19.6. The summed E-state index contributed by atoms with van der Waals surface area (Å²) in [6, 6.07) is 20.7. The molecular formula is C26H26N4O2S. The molecule has 0 saturated carbocycles. The number of hydrogen-bond acceptors (Lipinski definition) is 5. The van der Waals surface area contributed by atoms with E-state index in [1.165, 1.54) is 33.7 Å². The third-order valence-electron chi connectivity index (χ3n) is 6.24. The van der Waals surface area contributed by atoms with Crippen molar-refractivity contribution in [1.29, 1.82) is 0 Å². The van der Waals surface area contributed by atoms with Crippen LogP contribution in [-0.2, 0) is 31.4 Å². The topological polar surface area (TPSA) is 60.3 Å². The monoisotopic (exact) mass is 458 g/mol. The maximum absolute atomic E-state index is 12.8. The minimum atomic E-state index is 0.127. The van der Waals surface area contributed by atoms with Crippen molar-refractivity contribution < 1.29 is 9.53 Å². The molecule has 0 unspecified atom stereocenters. The molecule has 5 rings (SSSR count). The number of benzene rings is 3. The van der Waals surface area contributed by atoms with Gasteiger partial charge in [-0.15, -0.1) is 10.2 Å². The number of fused-ring (bicyclic) bond motifs is 2.